The van der Waals surface area contributed by atoms with Gasteiger partial charge in [-0.2, -0.15) is 0 Å². The van der Waals surface area contributed by atoms with Gasteiger partial charge in [0.2, 0.25) is 0 Å². The first-order chi connectivity index (χ1) is 22.8. The number of para-hydroxylation sites is 2. The van der Waals surface area contributed by atoms with E-state index in [2.05, 4.69) is 193 Å². The molecular formula is C45H31N. The van der Waals surface area contributed by atoms with Gasteiger partial charge in [-0.3, -0.25) is 0 Å². The molecule has 0 atom stereocenters. The standard InChI is InChI=1S/C45H31N/c1-5-16-33(17-6-1)45(34-18-7-2-8-19-34)42-30-29-39-38-24-14-13-15-32(38)25-27-40(39)44(42)41-28-26-37(31-43(41)45)46(35-20-9-3-10-21-35)36-22-11-4-12-23-36/h1-31H. The molecule has 1 nitrogen and oxygen atoms in total. The molecule has 0 fully saturated rings. The van der Waals surface area contributed by atoms with Crippen LogP contribution in [0.15, 0.2) is 188 Å². The summed E-state index contributed by atoms with van der Waals surface area (Å²) in [6.45, 7) is 0. The van der Waals surface area contributed by atoms with Crippen LogP contribution in [-0.4, -0.2) is 0 Å². The molecule has 8 aromatic rings. The Morgan fingerprint density at radius 1 is 0.348 bits per heavy atom. The van der Waals surface area contributed by atoms with Crippen molar-refractivity contribution >= 4 is 38.6 Å². The van der Waals surface area contributed by atoms with Crippen molar-refractivity contribution in [1.29, 1.82) is 0 Å². The first-order valence-electron chi connectivity index (χ1n) is 16.0. The van der Waals surface area contributed by atoms with E-state index in [4.69, 9.17) is 0 Å². The molecule has 9 rings (SSSR count). The van der Waals surface area contributed by atoms with Crippen LogP contribution in [0.3, 0.4) is 0 Å². The normalized spacial score (nSPS) is 13.0. The lowest BCUT2D eigenvalue weighted by atomic mass is 9.67. The summed E-state index contributed by atoms with van der Waals surface area (Å²) in [4.78, 5) is 2.37. The minimum Gasteiger partial charge on any atom is -0.310 e. The van der Waals surface area contributed by atoms with Gasteiger partial charge < -0.3 is 4.90 Å². The smallest absolute Gasteiger partial charge is 0.0714 e. The summed E-state index contributed by atoms with van der Waals surface area (Å²) in [6.07, 6.45) is 0. The Morgan fingerprint density at radius 2 is 0.891 bits per heavy atom. The highest BCUT2D eigenvalue weighted by Crippen LogP contribution is 2.59. The lowest BCUT2D eigenvalue weighted by Crippen LogP contribution is -2.28. The zero-order valence-electron chi connectivity index (χ0n) is 25.3. The summed E-state index contributed by atoms with van der Waals surface area (Å²) in [5.41, 5.74) is 10.7. The van der Waals surface area contributed by atoms with Crippen molar-refractivity contribution in [2.75, 3.05) is 4.90 Å². The number of hydrogen-bond donors (Lipinski definition) is 0. The van der Waals surface area contributed by atoms with Crippen LogP contribution in [0.5, 0.6) is 0 Å². The number of anilines is 3. The molecule has 0 aromatic heterocycles. The molecule has 0 aliphatic heterocycles. The third kappa shape index (κ3) is 3.89. The van der Waals surface area contributed by atoms with Gasteiger partial charge in [-0.15, -0.1) is 0 Å². The topological polar surface area (TPSA) is 3.24 Å². The van der Waals surface area contributed by atoms with Crippen molar-refractivity contribution in [3.63, 3.8) is 0 Å². The monoisotopic (exact) mass is 585 g/mol. The van der Waals surface area contributed by atoms with Crippen LogP contribution < -0.4 is 4.90 Å². The molecule has 0 N–H and O–H groups in total. The fourth-order valence-corrected chi connectivity index (χ4v) is 7.80. The van der Waals surface area contributed by atoms with Crippen molar-refractivity contribution in [2.45, 2.75) is 5.41 Å². The second-order valence-electron chi connectivity index (χ2n) is 12.1. The summed E-state index contributed by atoms with van der Waals surface area (Å²) in [7, 11) is 0. The average Bonchev–Trinajstić information content (AvgIpc) is 3.44. The van der Waals surface area contributed by atoms with Crippen LogP contribution in [0.2, 0.25) is 0 Å². The molecule has 0 radical (unpaired) electrons. The van der Waals surface area contributed by atoms with Crippen molar-refractivity contribution in [2.24, 2.45) is 0 Å². The van der Waals surface area contributed by atoms with E-state index in [-0.39, 0.29) is 0 Å². The molecular weight excluding hydrogens is 555 g/mol. The van der Waals surface area contributed by atoms with Gasteiger partial charge in [-0.05, 0) is 91.3 Å². The molecule has 0 heterocycles. The maximum Gasteiger partial charge on any atom is 0.0714 e. The zero-order valence-corrected chi connectivity index (χ0v) is 25.3. The van der Waals surface area contributed by atoms with E-state index in [0.717, 1.165) is 17.1 Å². The number of fused-ring (bicyclic) bond motifs is 7. The van der Waals surface area contributed by atoms with Gasteiger partial charge >= 0.3 is 0 Å². The lowest BCUT2D eigenvalue weighted by molar-refractivity contribution is 0.769. The van der Waals surface area contributed by atoms with Gasteiger partial charge in [0.15, 0.2) is 0 Å². The summed E-state index contributed by atoms with van der Waals surface area (Å²) in [5, 5.41) is 5.14. The maximum absolute atomic E-state index is 2.45. The Kier molecular flexibility index (Phi) is 6.11. The maximum atomic E-state index is 2.45. The van der Waals surface area contributed by atoms with E-state index in [1.54, 1.807) is 0 Å². The average molecular weight is 586 g/mol. The molecule has 0 bridgehead atoms. The van der Waals surface area contributed by atoms with E-state index in [1.165, 1.54) is 54.9 Å². The van der Waals surface area contributed by atoms with Crippen LogP contribution in [-0.2, 0) is 5.41 Å². The first kappa shape index (κ1) is 26.5. The van der Waals surface area contributed by atoms with Gasteiger partial charge in [-0.1, -0.05) is 152 Å². The van der Waals surface area contributed by atoms with Crippen molar-refractivity contribution in [3.8, 4) is 11.1 Å². The molecule has 1 aliphatic rings. The molecule has 1 aliphatic carbocycles. The summed E-state index contributed by atoms with van der Waals surface area (Å²) in [5.74, 6) is 0. The Bertz CT molecular complexity index is 2260. The molecule has 216 valence electrons. The number of nitrogens with zero attached hydrogens (tertiary/aromatic N) is 1. The van der Waals surface area contributed by atoms with Gasteiger partial charge in [0.1, 0.15) is 0 Å². The van der Waals surface area contributed by atoms with Crippen LogP contribution in [0.1, 0.15) is 22.3 Å². The van der Waals surface area contributed by atoms with Crippen LogP contribution in [0.4, 0.5) is 17.1 Å². The molecule has 46 heavy (non-hydrogen) atoms. The Morgan fingerprint density at radius 3 is 1.52 bits per heavy atom. The molecule has 0 spiro atoms. The van der Waals surface area contributed by atoms with Gasteiger partial charge in [-0.25, -0.2) is 0 Å². The Hall–Kier alpha value is -5.92. The highest BCUT2D eigenvalue weighted by atomic mass is 15.1. The molecule has 8 aromatic carbocycles. The Labute approximate surface area is 269 Å². The quantitative estimate of drug-likeness (QED) is 0.182. The predicted octanol–water partition coefficient (Wildman–Crippen LogP) is 11.8. The second-order valence-corrected chi connectivity index (χ2v) is 12.1. The number of benzene rings is 8. The molecule has 0 amide bonds. The van der Waals surface area contributed by atoms with E-state index in [1.807, 2.05) is 0 Å². The van der Waals surface area contributed by atoms with Crippen molar-refractivity contribution in [3.05, 3.63) is 210 Å². The SMILES string of the molecule is c1ccc(N(c2ccccc2)c2ccc3c(c2)C(c2ccccc2)(c2ccccc2)c2ccc4c(ccc5ccccc54)c2-3)cc1. The predicted molar refractivity (Wildman–Crippen MR) is 193 cm³/mol. The first-order valence-corrected chi connectivity index (χ1v) is 16.0. The lowest BCUT2D eigenvalue weighted by Gasteiger charge is -2.35. The van der Waals surface area contributed by atoms with Crippen LogP contribution in [0.25, 0.3) is 32.7 Å². The van der Waals surface area contributed by atoms with E-state index in [9.17, 15) is 0 Å². The number of hydrogen-bond acceptors (Lipinski definition) is 1. The molecule has 0 saturated carbocycles. The highest BCUT2D eigenvalue weighted by molar-refractivity contribution is 6.14. The fourth-order valence-electron chi connectivity index (χ4n) is 7.80. The molecule has 0 unspecified atom stereocenters. The third-order valence-electron chi connectivity index (χ3n) is 9.71. The van der Waals surface area contributed by atoms with E-state index in [0.29, 0.717) is 0 Å². The minimum absolute atomic E-state index is 0.498. The van der Waals surface area contributed by atoms with Gasteiger partial charge in [0, 0.05) is 17.1 Å². The van der Waals surface area contributed by atoms with Crippen LogP contribution in [0, 0.1) is 0 Å². The summed E-state index contributed by atoms with van der Waals surface area (Å²) >= 11 is 0. The van der Waals surface area contributed by atoms with Crippen molar-refractivity contribution in [1.82, 2.24) is 0 Å². The number of rotatable bonds is 5. The minimum atomic E-state index is -0.498. The summed E-state index contributed by atoms with van der Waals surface area (Å²) < 4.78 is 0. The van der Waals surface area contributed by atoms with Gasteiger partial charge in [0.25, 0.3) is 0 Å². The fraction of sp³-hybridized carbons (Fsp3) is 0.0222. The Balaban J connectivity index is 1.41. The molecule has 0 saturated heterocycles. The second kappa shape index (κ2) is 10.6. The van der Waals surface area contributed by atoms with Crippen LogP contribution >= 0.6 is 0 Å². The summed E-state index contributed by atoms with van der Waals surface area (Å²) in [6, 6.07) is 68.7. The highest BCUT2D eigenvalue weighted by Gasteiger charge is 2.47. The van der Waals surface area contributed by atoms with Gasteiger partial charge in [0.05, 0.1) is 5.41 Å². The zero-order chi connectivity index (χ0) is 30.5. The largest absolute Gasteiger partial charge is 0.310 e. The van der Waals surface area contributed by atoms with E-state index < -0.39 is 5.41 Å². The third-order valence-corrected chi connectivity index (χ3v) is 9.71. The van der Waals surface area contributed by atoms with Crippen molar-refractivity contribution < 1.29 is 0 Å². The molecule has 1 heteroatoms. The van der Waals surface area contributed by atoms with E-state index >= 15 is 0 Å².